The number of alkyl halides is 1. The topological polar surface area (TPSA) is 78.1 Å². The molecule has 6 nitrogen and oxygen atoms in total. The third-order valence-electron chi connectivity index (χ3n) is 7.42. The first kappa shape index (κ1) is 22.3. The second-order valence-corrected chi connectivity index (χ2v) is 9.81. The van der Waals surface area contributed by atoms with Crippen LogP contribution in [0.1, 0.15) is 69.4 Å². The van der Waals surface area contributed by atoms with Crippen molar-refractivity contribution in [2.24, 2.45) is 5.41 Å². The van der Waals surface area contributed by atoms with Crippen molar-refractivity contribution in [3.05, 3.63) is 76.0 Å². The lowest BCUT2D eigenvalue weighted by Crippen LogP contribution is -2.27. The molecule has 1 aromatic heterocycles. The quantitative estimate of drug-likeness (QED) is 0.564. The summed E-state index contributed by atoms with van der Waals surface area (Å²) in [5.41, 5.74) is 7.35. The molecular weight excluding hydrogens is 431 g/mol. The van der Waals surface area contributed by atoms with E-state index in [1.165, 1.54) is 5.56 Å². The monoisotopic (exact) mass is 460 g/mol. The van der Waals surface area contributed by atoms with Gasteiger partial charge in [0.15, 0.2) is 0 Å². The second-order valence-electron chi connectivity index (χ2n) is 9.81. The Hall–Kier alpha value is -3.48. The van der Waals surface area contributed by atoms with Crippen LogP contribution in [0.2, 0.25) is 0 Å². The second kappa shape index (κ2) is 8.38. The number of carbonyl (C=O) groups is 2. The number of carbonyl (C=O) groups excluding carboxylic acids is 2. The smallest absolute Gasteiger partial charge is 0.255 e. The zero-order chi connectivity index (χ0) is 24.0. The van der Waals surface area contributed by atoms with Crippen molar-refractivity contribution in [1.82, 2.24) is 20.4 Å². The summed E-state index contributed by atoms with van der Waals surface area (Å²) in [5.74, 6) is -0.126. The van der Waals surface area contributed by atoms with Crippen LogP contribution in [0.15, 0.2) is 42.5 Å². The molecule has 2 aliphatic rings. The van der Waals surface area contributed by atoms with E-state index >= 15 is 0 Å². The summed E-state index contributed by atoms with van der Waals surface area (Å²) in [4.78, 5) is 26.9. The van der Waals surface area contributed by atoms with E-state index in [-0.39, 0.29) is 29.9 Å². The third kappa shape index (κ3) is 3.69. The van der Waals surface area contributed by atoms with Crippen LogP contribution in [0.25, 0.3) is 11.3 Å². The predicted molar refractivity (Wildman–Crippen MR) is 128 cm³/mol. The number of halogens is 1. The molecule has 2 atom stereocenters. The summed E-state index contributed by atoms with van der Waals surface area (Å²) in [6.07, 6.45) is 2.17. The van der Waals surface area contributed by atoms with Crippen LogP contribution in [-0.4, -0.2) is 40.6 Å². The number of aromatic amines is 1. The van der Waals surface area contributed by atoms with E-state index in [1.807, 2.05) is 36.1 Å². The van der Waals surface area contributed by atoms with Gasteiger partial charge in [0.1, 0.15) is 0 Å². The molecule has 2 amide bonds. The van der Waals surface area contributed by atoms with Gasteiger partial charge in [-0.3, -0.25) is 19.1 Å². The van der Waals surface area contributed by atoms with Gasteiger partial charge in [0.25, 0.3) is 11.8 Å². The maximum absolute atomic E-state index is 13.2. The van der Waals surface area contributed by atoms with E-state index in [2.05, 4.69) is 28.5 Å². The van der Waals surface area contributed by atoms with Crippen LogP contribution >= 0.6 is 0 Å². The number of nitrogens with one attached hydrogen (secondary N) is 2. The van der Waals surface area contributed by atoms with Crippen molar-refractivity contribution in [3.63, 3.8) is 0 Å². The fraction of sp³-hybridized carbons (Fsp3) is 0.370. The van der Waals surface area contributed by atoms with Crippen LogP contribution in [0.4, 0.5) is 4.39 Å². The lowest BCUT2D eigenvalue weighted by Gasteiger charge is -2.24. The number of hydrogen-bond acceptors (Lipinski definition) is 3. The zero-order valence-corrected chi connectivity index (χ0v) is 19.7. The molecule has 176 valence electrons. The Labute approximate surface area is 198 Å². The van der Waals surface area contributed by atoms with Crippen LogP contribution in [-0.2, 0) is 19.4 Å². The molecule has 34 heavy (non-hydrogen) atoms. The highest BCUT2D eigenvalue weighted by Gasteiger charge is 2.37. The summed E-state index contributed by atoms with van der Waals surface area (Å²) in [6.45, 7) is 4.34. The maximum atomic E-state index is 13.2. The average Bonchev–Trinajstić information content (AvgIpc) is 3.48. The van der Waals surface area contributed by atoms with E-state index in [0.29, 0.717) is 24.1 Å². The first-order valence-electron chi connectivity index (χ1n) is 11.7. The minimum absolute atomic E-state index is 0.00667. The van der Waals surface area contributed by atoms with Gasteiger partial charge in [-0.15, -0.1) is 0 Å². The van der Waals surface area contributed by atoms with Gasteiger partial charge in [-0.2, -0.15) is 5.10 Å². The highest BCUT2D eigenvalue weighted by atomic mass is 19.1. The van der Waals surface area contributed by atoms with Crippen LogP contribution in [0, 0.1) is 5.41 Å². The SMILES string of the molecule is CNC(=O)c1ccc([C@@H](C)N2Cc3cc(-c4n[nH]c5c4CC(C)(CCF)C5)ccc3C2=O)cc1. The summed E-state index contributed by atoms with van der Waals surface area (Å²) in [6, 6.07) is 13.2. The van der Waals surface area contributed by atoms with Crippen molar-refractivity contribution >= 4 is 11.8 Å². The molecule has 2 aromatic carbocycles. The van der Waals surface area contributed by atoms with Crippen LogP contribution < -0.4 is 5.32 Å². The molecule has 3 aromatic rings. The first-order chi connectivity index (χ1) is 16.3. The van der Waals surface area contributed by atoms with Crippen molar-refractivity contribution < 1.29 is 14.0 Å². The lowest BCUT2D eigenvalue weighted by molar-refractivity contribution is 0.0715. The minimum atomic E-state index is -0.312. The highest BCUT2D eigenvalue weighted by molar-refractivity contribution is 5.99. The molecule has 1 unspecified atom stereocenters. The molecule has 0 saturated carbocycles. The molecule has 0 spiro atoms. The number of fused-ring (bicyclic) bond motifs is 2. The van der Waals surface area contributed by atoms with Gasteiger partial charge in [0.2, 0.25) is 0 Å². The van der Waals surface area contributed by atoms with Gasteiger partial charge in [-0.1, -0.05) is 25.1 Å². The Balaban J connectivity index is 1.38. The Bertz CT molecular complexity index is 1270. The molecule has 2 N–H and O–H groups in total. The molecule has 0 bridgehead atoms. The summed E-state index contributed by atoms with van der Waals surface area (Å²) < 4.78 is 13.0. The first-order valence-corrected chi connectivity index (χ1v) is 11.7. The molecule has 1 aliphatic heterocycles. The zero-order valence-electron chi connectivity index (χ0n) is 19.7. The van der Waals surface area contributed by atoms with Gasteiger partial charge in [-0.05, 0) is 67.0 Å². The average molecular weight is 461 g/mol. The van der Waals surface area contributed by atoms with E-state index in [0.717, 1.165) is 40.9 Å². The van der Waals surface area contributed by atoms with Crippen molar-refractivity contribution in [3.8, 4) is 11.3 Å². The normalized spacial score (nSPS) is 19.8. The number of benzene rings is 2. The molecule has 0 fully saturated rings. The Morgan fingerprint density at radius 3 is 2.71 bits per heavy atom. The number of hydrogen-bond donors (Lipinski definition) is 2. The number of nitrogens with zero attached hydrogens (tertiary/aromatic N) is 2. The molecule has 0 saturated heterocycles. The molecule has 5 rings (SSSR count). The van der Waals surface area contributed by atoms with Crippen molar-refractivity contribution in [2.45, 2.75) is 45.7 Å². The van der Waals surface area contributed by atoms with E-state index < -0.39 is 0 Å². The molecule has 1 aliphatic carbocycles. The fourth-order valence-corrected chi connectivity index (χ4v) is 5.34. The van der Waals surface area contributed by atoms with Crippen LogP contribution in [0.3, 0.4) is 0 Å². The highest BCUT2D eigenvalue weighted by Crippen LogP contribution is 2.43. The number of aromatic nitrogens is 2. The van der Waals surface area contributed by atoms with Gasteiger partial charge >= 0.3 is 0 Å². The molecule has 0 radical (unpaired) electrons. The maximum Gasteiger partial charge on any atom is 0.255 e. The lowest BCUT2D eigenvalue weighted by atomic mass is 9.84. The van der Waals surface area contributed by atoms with Gasteiger partial charge in [0, 0.05) is 41.5 Å². The van der Waals surface area contributed by atoms with Crippen LogP contribution in [0.5, 0.6) is 0 Å². The number of rotatable bonds is 6. The van der Waals surface area contributed by atoms with Crippen molar-refractivity contribution in [1.29, 1.82) is 0 Å². The number of H-pyrrole nitrogens is 1. The Kier molecular flexibility index (Phi) is 5.50. The fourth-order valence-electron chi connectivity index (χ4n) is 5.34. The van der Waals surface area contributed by atoms with E-state index in [9.17, 15) is 14.0 Å². The molecule has 2 heterocycles. The van der Waals surface area contributed by atoms with E-state index in [1.54, 1.807) is 19.2 Å². The van der Waals surface area contributed by atoms with Gasteiger partial charge in [-0.25, -0.2) is 0 Å². The number of amides is 2. The van der Waals surface area contributed by atoms with Crippen molar-refractivity contribution in [2.75, 3.05) is 13.7 Å². The van der Waals surface area contributed by atoms with Gasteiger partial charge < -0.3 is 10.2 Å². The summed E-state index contributed by atoms with van der Waals surface area (Å²) in [7, 11) is 1.60. The standard InChI is InChI=1S/C27H29FN4O2/c1-16(17-4-6-18(7-5-17)25(33)29-3)32-15-20-12-19(8-9-21(20)26(32)34)24-22-13-27(2,10-11-28)14-23(22)30-31-24/h4-9,12,16H,10-11,13-15H2,1-3H3,(H,29,33)(H,30,31)/t16-,27?/m1/s1. The minimum Gasteiger partial charge on any atom is -0.355 e. The Morgan fingerprint density at radius 2 is 2.00 bits per heavy atom. The largest absolute Gasteiger partial charge is 0.355 e. The van der Waals surface area contributed by atoms with E-state index in [4.69, 9.17) is 0 Å². The van der Waals surface area contributed by atoms with Gasteiger partial charge in [0.05, 0.1) is 18.4 Å². The predicted octanol–water partition coefficient (Wildman–Crippen LogP) is 4.62. The molecular formula is C27H29FN4O2. The Morgan fingerprint density at radius 1 is 1.24 bits per heavy atom. The summed E-state index contributed by atoms with van der Waals surface area (Å²) >= 11 is 0. The summed E-state index contributed by atoms with van der Waals surface area (Å²) in [5, 5.41) is 10.3. The molecule has 7 heteroatoms. The third-order valence-corrected chi connectivity index (χ3v) is 7.42.